The number of benzene rings is 1. The number of hydrogen-bond donors (Lipinski definition) is 2. The molecule has 0 saturated heterocycles. The van der Waals surface area contributed by atoms with Crippen molar-refractivity contribution in [1.29, 1.82) is 0 Å². The van der Waals surface area contributed by atoms with E-state index in [9.17, 15) is 13.6 Å². The number of methoxy groups -OCH3 is 1. The summed E-state index contributed by atoms with van der Waals surface area (Å²) < 4.78 is 34.2. The summed E-state index contributed by atoms with van der Waals surface area (Å²) in [5, 5.41) is 2.62. The van der Waals surface area contributed by atoms with Gasteiger partial charge in [0.1, 0.15) is 11.5 Å². The maximum Gasteiger partial charge on any atom is 0.387 e. The van der Waals surface area contributed by atoms with Crippen molar-refractivity contribution in [3.8, 4) is 11.5 Å². The Balaban J connectivity index is 0.00000484. The number of carbonyl (C=O) groups excluding carboxylic acids is 1. The topological polar surface area (TPSA) is 73.6 Å². The van der Waals surface area contributed by atoms with Crippen LogP contribution in [0.4, 0.5) is 8.78 Å². The van der Waals surface area contributed by atoms with Crippen LogP contribution in [0.3, 0.4) is 0 Å². The highest BCUT2D eigenvalue weighted by atomic mass is 35.5. The highest BCUT2D eigenvalue weighted by Crippen LogP contribution is 2.25. The van der Waals surface area contributed by atoms with Crippen LogP contribution in [-0.2, 0) is 11.3 Å². The monoisotopic (exact) mass is 370 g/mol. The lowest BCUT2D eigenvalue weighted by molar-refractivity contribution is -0.122. The molecule has 0 spiro atoms. The molecule has 0 saturated carbocycles. The summed E-state index contributed by atoms with van der Waals surface area (Å²) in [7, 11) is 1.46. The van der Waals surface area contributed by atoms with Crippen LogP contribution in [0.1, 0.15) is 12.0 Å². The molecule has 0 radical (unpaired) electrons. The average Bonchev–Trinajstić information content (AvgIpc) is 2.50. The van der Waals surface area contributed by atoms with Crippen molar-refractivity contribution in [3.63, 3.8) is 0 Å². The van der Waals surface area contributed by atoms with Gasteiger partial charge in [0.25, 0.3) is 0 Å². The first-order valence-corrected chi connectivity index (χ1v) is 8.01. The summed E-state index contributed by atoms with van der Waals surface area (Å²) in [5.41, 5.74) is 6.13. The SMILES string of the molecule is COc1ccc(OC(F)F)c(CNC(=O)[C@@H](N)CCSC)c1.Cl. The van der Waals surface area contributed by atoms with E-state index in [1.54, 1.807) is 11.8 Å². The third kappa shape index (κ3) is 7.71. The van der Waals surface area contributed by atoms with Gasteiger partial charge in [0.05, 0.1) is 13.2 Å². The first-order chi connectivity index (χ1) is 10.5. The van der Waals surface area contributed by atoms with Crippen LogP contribution in [0.15, 0.2) is 18.2 Å². The summed E-state index contributed by atoms with van der Waals surface area (Å²) in [6.07, 6.45) is 2.47. The number of amides is 1. The van der Waals surface area contributed by atoms with Crippen molar-refractivity contribution in [3.05, 3.63) is 23.8 Å². The molecule has 1 rings (SSSR count). The second-order valence-corrected chi connectivity index (χ2v) is 5.44. The Morgan fingerprint density at radius 2 is 2.13 bits per heavy atom. The fraction of sp³-hybridized carbons (Fsp3) is 0.500. The van der Waals surface area contributed by atoms with E-state index in [1.165, 1.54) is 25.3 Å². The zero-order valence-electron chi connectivity index (χ0n) is 12.9. The lowest BCUT2D eigenvalue weighted by Crippen LogP contribution is -2.40. The molecular weight excluding hydrogens is 350 g/mol. The highest BCUT2D eigenvalue weighted by molar-refractivity contribution is 7.98. The number of hydrogen-bond acceptors (Lipinski definition) is 5. The van der Waals surface area contributed by atoms with Crippen LogP contribution in [0, 0.1) is 0 Å². The van der Waals surface area contributed by atoms with E-state index in [-0.39, 0.29) is 30.6 Å². The van der Waals surface area contributed by atoms with Gasteiger partial charge in [-0.15, -0.1) is 12.4 Å². The van der Waals surface area contributed by atoms with Gasteiger partial charge in [-0.3, -0.25) is 4.79 Å². The molecule has 0 unspecified atom stereocenters. The largest absolute Gasteiger partial charge is 0.497 e. The number of thioether (sulfide) groups is 1. The highest BCUT2D eigenvalue weighted by Gasteiger charge is 2.15. The molecule has 9 heteroatoms. The van der Waals surface area contributed by atoms with E-state index in [4.69, 9.17) is 10.5 Å². The maximum absolute atomic E-state index is 12.4. The molecule has 23 heavy (non-hydrogen) atoms. The second kappa shape index (κ2) is 11.3. The van der Waals surface area contributed by atoms with Crippen molar-refractivity contribution in [2.24, 2.45) is 5.73 Å². The van der Waals surface area contributed by atoms with Crippen LogP contribution in [0.25, 0.3) is 0 Å². The summed E-state index contributed by atoms with van der Waals surface area (Å²) in [6.45, 7) is -2.91. The molecule has 0 aliphatic carbocycles. The fourth-order valence-corrected chi connectivity index (χ4v) is 2.21. The minimum atomic E-state index is -2.94. The molecule has 3 N–H and O–H groups in total. The predicted molar refractivity (Wildman–Crippen MR) is 89.7 cm³/mol. The van der Waals surface area contributed by atoms with Gasteiger partial charge >= 0.3 is 6.61 Å². The minimum Gasteiger partial charge on any atom is -0.497 e. The van der Waals surface area contributed by atoms with E-state index >= 15 is 0 Å². The van der Waals surface area contributed by atoms with Crippen LogP contribution in [0.2, 0.25) is 0 Å². The van der Waals surface area contributed by atoms with Gasteiger partial charge in [-0.05, 0) is 36.6 Å². The number of ether oxygens (including phenoxy) is 2. The normalized spacial score (nSPS) is 11.6. The molecule has 5 nitrogen and oxygen atoms in total. The van der Waals surface area contributed by atoms with Gasteiger partial charge in [0.2, 0.25) is 5.91 Å². The Labute approximate surface area is 144 Å². The Morgan fingerprint density at radius 1 is 1.43 bits per heavy atom. The third-order valence-electron chi connectivity index (χ3n) is 2.91. The molecule has 1 aromatic carbocycles. The van der Waals surface area contributed by atoms with Crippen molar-refractivity contribution in [1.82, 2.24) is 5.32 Å². The van der Waals surface area contributed by atoms with Crippen molar-refractivity contribution >= 4 is 30.1 Å². The zero-order valence-corrected chi connectivity index (χ0v) is 14.5. The molecule has 0 fully saturated rings. The number of alkyl halides is 2. The summed E-state index contributed by atoms with van der Waals surface area (Å²) >= 11 is 1.60. The Hall–Kier alpha value is -1.25. The average molecular weight is 371 g/mol. The Kier molecular flexibility index (Phi) is 10.7. The predicted octanol–water partition coefficient (Wildman–Crippen LogP) is 2.42. The summed E-state index contributed by atoms with van der Waals surface area (Å²) in [5.74, 6) is 0.916. The van der Waals surface area contributed by atoms with Crippen LogP contribution in [0.5, 0.6) is 11.5 Å². The number of carbonyl (C=O) groups is 1. The first kappa shape index (κ1) is 21.8. The van der Waals surface area contributed by atoms with Crippen molar-refractivity contribution in [2.45, 2.75) is 25.6 Å². The van der Waals surface area contributed by atoms with Gasteiger partial charge in [0.15, 0.2) is 0 Å². The molecule has 1 aromatic rings. The van der Waals surface area contributed by atoms with Gasteiger partial charge in [-0.25, -0.2) is 0 Å². The van der Waals surface area contributed by atoms with Crippen molar-refractivity contribution in [2.75, 3.05) is 19.1 Å². The van der Waals surface area contributed by atoms with E-state index in [2.05, 4.69) is 10.1 Å². The van der Waals surface area contributed by atoms with Crippen LogP contribution >= 0.6 is 24.2 Å². The number of rotatable bonds is 9. The molecule has 0 aromatic heterocycles. The third-order valence-corrected chi connectivity index (χ3v) is 3.55. The molecule has 0 aliphatic heterocycles. The van der Waals surface area contributed by atoms with E-state index in [1.807, 2.05) is 6.26 Å². The molecular formula is C14H21ClF2N2O3S. The van der Waals surface area contributed by atoms with Gasteiger partial charge in [-0.2, -0.15) is 20.5 Å². The standard InChI is InChI=1S/C14H20F2N2O3S.ClH/c1-20-10-3-4-12(21-14(15)16)9(7-10)8-18-13(19)11(17)5-6-22-2;/h3-4,7,11,14H,5-6,8,17H2,1-2H3,(H,18,19);1H/t11-;/m0./s1. The zero-order chi connectivity index (χ0) is 16.5. The van der Waals surface area contributed by atoms with E-state index in [0.717, 1.165) is 5.75 Å². The van der Waals surface area contributed by atoms with Gasteiger partial charge < -0.3 is 20.5 Å². The quantitative estimate of drug-likeness (QED) is 0.698. The van der Waals surface area contributed by atoms with E-state index in [0.29, 0.717) is 17.7 Å². The summed E-state index contributed by atoms with van der Waals surface area (Å²) in [4.78, 5) is 11.8. The maximum atomic E-state index is 12.4. The molecule has 0 aliphatic rings. The molecule has 0 bridgehead atoms. The van der Waals surface area contributed by atoms with Crippen LogP contribution in [-0.4, -0.2) is 37.7 Å². The lowest BCUT2D eigenvalue weighted by Gasteiger charge is -2.15. The minimum absolute atomic E-state index is 0. The van der Waals surface area contributed by atoms with Gasteiger partial charge in [-0.1, -0.05) is 0 Å². The summed E-state index contributed by atoms with van der Waals surface area (Å²) in [6, 6.07) is 3.79. The van der Waals surface area contributed by atoms with Crippen molar-refractivity contribution < 1.29 is 23.0 Å². The van der Waals surface area contributed by atoms with Gasteiger partial charge in [0, 0.05) is 12.1 Å². The Bertz CT molecular complexity index is 495. The first-order valence-electron chi connectivity index (χ1n) is 6.62. The second-order valence-electron chi connectivity index (χ2n) is 4.46. The molecule has 1 atom stereocenters. The number of nitrogens with one attached hydrogen (secondary N) is 1. The molecule has 0 heterocycles. The molecule has 1 amide bonds. The lowest BCUT2D eigenvalue weighted by atomic mass is 10.1. The Morgan fingerprint density at radius 3 is 2.70 bits per heavy atom. The number of nitrogens with two attached hydrogens (primary N) is 1. The smallest absolute Gasteiger partial charge is 0.387 e. The fourth-order valence-electron chi connectivity index (χ4n) is 1.72. The molecule has 132 valence electrons. The van der Waals surface area contributed by atoms with E-state index < -0.39 is 12.7 Å². The number of halogens is 3. The van der Waals surface area contributed by atoms with Crippen LogP contribution < -0.4 is 20.5 Å².